The fourth-order valence-electron chi connectivity index (χ4n) is 2.31. The molecule has 1 aliphatic heterocycles. The third-order valence-corrected chi connectivity index (χ3v) is 3.14. The lowest BCUT2D eigenvalue weighted by Crippen LogP contribution is -2.33. The molecular weight excluding hydrogens is 222 g/mol. The predicted octanol–water partition coefficient (Wildman–Crippen LogP) is 2.46. The molecule has 0 fully saturated rings. The molecule has 88 valence electrons. The zero-order valence-corrected chi connectivity index (χ0v) is 9.16. The van der Waals surface area contributed by atoms with Crippen molar-refractivity contribution >= 4 is 0 Å². The first-order valence-electron chi connectivity index (χ1n) is 5.59. The molecule has 0 aliphatic carbocycles. The van der Waals surface area contributed by atoms with Crippen LogP contribution in [0.2, 0.25) is 0 Å². The second-order valence-electron chi connectivity index (χ2n) is 4.19. The van der Waals surface area contributed by atoms with E-state index in [-0.39, 0.29) is 6.04 Å². The smallest absolute Gasteiger partial charge is 0.159 e. The van der Waals surface area contributed by atoms with Gasteiger partial charge in [-0.1, -0.05) is 6.07 Å². The summed E-state index contributed by atoms with van der Waals surface area (Å²) < 4.78 is 28.3. The van der Waals surface area contributed by atoms with E-state index in [1.54, 1.807) is 6.07 Å². The first kappa shape index (κ1) is 10.5. The third-order valence-electron chi connectivity index (χ3n) is 3.14. The minimum atomic E-state index is -0.806. The van der Waals surface area contributed by atoms with Gasteiger partial charge in [0.05, 0.1) is 6.04 Å². The van der Waals surface area contributed by atoms with Crippen molar-refractivity contribution in [2.24, 2.45) is 0 Å². The van der Waals surface area contributed by atoms with Crippen molar-refractivity contribution in [3.05, 3.63) is 59.4 Å². The van der Waals surface area contributed by atoms with E-state index < -0.39 is 11.6 Å². The molecule has 1 N–H and O–H groups in total. The first-order chi connectivity index (χ1) is 8.25. The SMILES string of the molecule is Fc1ccc(C2NCCn3cccc32)cc1F. The van der Waals surface area contributed by atoms with E-state index in [2.05, 4.69) is 9.88 Å². The quantitative estimate of drug-likeness (QED) is 0.802. The maximum absolute atomic E-state index is 13.2. The summed E-state index contributed by atoms with van der Waals surface area (Å²) in [5.74, 6) is -1.60. The van der Waals surface area contributed by atoms with E-state index in [9.17, 15) is 8.78 Å². The van der Waals surface area contributed by atoms with Crippen LogP contribution >= 0.6 is 0 Å². The topological polar surface area (TPSA) is 17.0 Å². The summed E-state index contributed by atoms with van der Waals surface area (Å²) in [6, 6.07) is 7.96. The second kappa shape index (κ2) is 3.96. The minimum Gasteiger partial charge on any atom is -0.348 e. The Morgan fingerprint density at radius 1 is 1.18 bits per heavy atom. The van der Waals surface area contributed by atoms with Gasteiger partial charge in [0, 0.05) is 25.0 Å². The van der Waals surface area contributed by atoms with E-state index in [0.29, 0.717) is 0 Å². The molecule has 17 heavy (non-hydrogen) atoms. The molecule has 1 aromatic heterocycles. The number of nitrogens with zero attached hydrogens (tertiary/aromatic N) is 1. The molecule has 1 aromatic carbocycles. The van der Waals surface area contributed by atoms with Crippen LogP contribution in [0.4, 0.5) is 8.78 Å². The number of hydrogen-bond donors (Lipinski definition) is 1. The summed E-state index contributed by atoms with van der Waals surface area (Å²) in [6.07, 6.45) is 2.00. The molecule has 0 saturated carbocycles. The molecule has 0 bridgehead atoms. The van der Waals surface area contributed by atoms with Crippen molar-refractivity contribution < 1.29 is 8.78 Å². The first-order valence-corrected chi connectivity index (χ1v) is 5.59. The van der Waals surface area contributed by atoms with Crippen LogP contribution in [0.15, 0.2) is 36.5 Å². The van der Waals surface area contributed by atoms with Gasteiger partial charge in [-0.3, -0.25) is 0 Å². The third kappa shape index (κ3) is 1.74. The van der Waals surface area contributed by atoms with Gasteiger partial charge in [0.15, 0.2) is 11.6 Å². The van der Waals surface area contributed by atoms with Gasteiger partial charge >= 0.3 is 0 Å². The number of aromatic nitrogens is 1. The number of fused-ring (bicyclic) bond motifs is 1. The lowest BCUT2D eigenvalue weighted by molar-refractivity contribution is 0.460. The van der Waals surface area contributed by atoms with Gasteiger partial charge in [-0.2, -0.15) is 0 Å². The molecule has 0 spiro atoms. The van der Waals surface area contributed by atoms with Crippen LogP contribution in [0.3, 0.4) is 0 Å². The average Bonchev–Trinajstić information content (AvgIpc) is 2.80. The Hall–Kier alpha value is -1.68. The van der Waals surface area contributed by atoms with E-state index >= 15 is 0 Å². The van der Waals surface area contributed by atoms with Gasteiger partial charge in [-0.05, 0) is 29.8 Å². The zero-order chi connectivity index (χ0) is 11.8. The van der Waals surface area contributed by atoms with E-state index in [1.165, 1.54) is 12.1 Å². The Balaban J connectivity index is 2.03. The van der Waals surface area contributed by atoms with Gasteiger partial charge in [0.1, 0.15) is 0 Å². The van der Waals surface area contributed by atoms with Crippen molar-refractivity contribution in [3.8, 4) is 0 Å². The maximum Gasteiger partial charge on any atom is 0.159 e. The number of benzene rings is 1. The highest BCUT2D eigenvalue weighted by atomic mass is 19.2. The highest BCUT2D eigenvalue weighted by Crippen LogP contribution is 2.26. The molecule has 0 saturated heterocycles. The number of nitrogens with one attached hydrogen (secondary N) is 1. The summed E-state index contributed by atoms with van der Waals surface area (Å²) >= 11 is 0. The summed E-state index contributed by atoms with van der Waals surface area (Å²) in [5.41, 5.74) is 1.84. The van der Waals surface area contributed by atoms with Gasteiger partial charge in [-0.25, -0.2) is 8.78 Å². The van der Waals surface area contributed by atoms with Crippen LogP contribution in [0.1, 0.15) is 17.3 Å². The lowest BCUT2D eigenvalue weighted by Gasteiger charge is -2.26. The zero-order valence-electron chi connectivity index (χ0n) is 9.16. The standard InChI is InChI=1S/C13H12F2N2/c14-10-4-3-9(8-11(10)15)13-12-2-1-6-17(12)7-5-16-13/h1-4,6,8,13,16H,5,7H2. The number of hydrogen-bond acceptors (Lipinski definition) is 1. The normalized spacial score (nSPS) is 19.1. The molecule has 2 aromatic rings. The molecule has 2 heterocycles. The van der Waals surface area contributed by atoms with Gasteiger partial charge < -0.3 is 9.88 Å². The van der Waals surface area contributed by atoms with E-state index in [4.69, 9.17) is 0 Å². The lowest BCUT2D eigenvalue weighted by atomic mass is 10.0. The predicted molar refractivity (Wildman–Crippen MR) is 60.6 cm³/mol. The molecule has 1 unspecified atom stereocenters. The molecule has 4 heteroatoms. The minimum absolute atomic E-state index is 0.0613. The van der Waals surface area contributed by atoms with Crippen molar-refractivity contribution in [2.45, 2.75) is 12.6 Å². The Morgan fingerprint density at radius 2 is 2.06 bits per heavy atom. The molecule has 0 radical (unpaired) electrons. The van der Waals surface area contributed by atoms with E-state index in [0.717, 1.165) is 24.3 Å². The fraction of sp³-hybridized carbons (Fsp3) is 0.231. The van der Waals surface area contributed by atoms with E-state index in [1.807, 2.05) is 18.3 Å². The van der Waals surface area contributed by atoms with Crippen molar-refractivity contribution in [3.63, 3.8) is 0 Å². The molecular formula is C13H12F2N2. The molecule has 0 amide bonds. The summed E-state index contributed by atoms with van der Waals surface area (Å²) in [7, 11) is 0. The number of rotatable bonds is 1. The highest BCUT2D eigenvalue weighted by Gasteiger charge is 2.21. The second-order valence-corrected chi connectivity index (χ2v) is 4.19. The molecule has 1 aliphatic rings. The maximum atomic E-state index is 13.2. The van der Waals surface area contributed by atoms with Gasteiger partial charge in [-0.15, -0.1) is 0 Å². The Bertz CT molecular complexity index is 548. The van der Waals surface area contributed by atoms with Crippen molar-refractivity contribution in [2.75, 3.05) is 6.54 Å². The van der Waals surface area contributed by atoms with Crippen LogP contribution in [0.25, 0.3) is 0 Å². The van der Waals surface area contributed by atoms with Crippen LogP contribution in [-0.4, -0.2) is 11.1 Å². The summed E-state index contributed by atoms with van der Waals surface area (Å²) in [6.45, 7) is 1.73. The molecule has 2 nitrogen and oxygen atoms in total. The van der Waals surface area contributed by atoms with Crippen LogP contribution in [0.5, 0.6) is 0 Å². The summed E-state index contributed by atoms with van der Waals surface area (Å²) in [4.78, 5) is 0. The Morgan fingerprint density at radius 3 is 2.88 bits per heavy atom. The van der Waals surface area contributed by atoms with Gasteiger partial charge in [0.25, 0.3) is 0 Å². The van der Waals surface area contributed by atoms with Crippen molar-refractivity contribution in [1.82, 2.24) is 9.88 Å². The monoisotopic (exact) mass is 234 g/mol. The summed E-state index contributed by atoms with van der Waals surface area (Å²) in [5, 5.41) is 3.31. The van der Waals surface area contributed by atoms with Crippen LogP contribution in [0, 0.1) is 11.6 Å². The average molecular weight is 234 g/mol. The van der Waals surface area contributed by atoms with Crippen LogP contribution in [-0.2, 0) is 6.54 Å². The van der Waals surface area contributed by atoms with Crippen LogP contribution < -0.4 is 5.32 Å². The van der Waals surface area contributed by atoms with Gasteiger partial charge in [0.2, 0.25) is 0 Å². The Labute approximate surface area is 97.9 Å². The highest BCUT2D eigenvalue weighted by molar-refractivity contribution is 5.30. The number of halogens is 2. The largest absolute Gasteiger partial charge is 0.348 e. The molecule has 1 atom stereocenters. The molecule has 3 rings (SSSR count). The Kier molecular flexibility index (Phi) is 2.44. The fourth-order valence-corrected chi connectivity index (χ4v) is 2.31. The van der Waals surface area contributed by atoms with Crippen molar-refractivity contribution in [1.29, 1.82) is 0 Å².